The number of carbonyl (C=O) groups is 2. The number of aromatic nitrogens is 3. The number of rotatable bonds is 1. The van der Waals surface area contributed by atoms with Gasteiger partial charge in [-0.05, 0) is 12.8 Å². The summed E-state index contributed by atoms with van der Waals surface area (Å²) in [5.74, 6) is -0.250. The van der Waals surface area contributed by atoms with E-state index in [2.05, 4.69) is 15.2 Å². The largest absolute Gasteiger partial charge is 0.274 e. The maximum Gasteiger partial charge on any atom is 0.240 e. The van der Waals surface area contributed by atoms with Crippen molar-refractivity contribution in [2.24, 2.45) is 11.8 Å². The first kappa shape index (κ1) is 9.50. The van der Waals surface area contributed by atoms with Crippen LogP contribution in [-0.2, 0) is 9.59 Å². The van der Waals surface area contributed by atoms with Crippen LogP contribution in [0.4, 0.5) is 5.95 Å². The molecule has 0 radical (unpaired) electrons. The van der Waals surface area contributed by atoms with Crippen molar-refractivity contribution < 1.29 is 9.59 Å². The number of hydrogen-bond donors (Lipinski definition) is 1. The van der Waals surface area contributed by atoms with Gasteiger partial charge < -0.3 is 0 Å². The van der Waals surface area contributed by atoms with Crippen molar-refractivity contribution >= 4 is 17.8 Å². The van der Waals surface area contributed by atoms with Crippen molar-refractivity contribution in [3.8, 4) is 0 Å². The van der Waals surface area contributed by atoms with E-state index >= 15 is 0 Å². The maximum atomic E-state index is 12.1. The lowest BCUT2D eigenvalue weighted by Gasteiger charge is -2.19. The highest BCUT2D eigenvalue weighted by atomic mass is 16.2. The summed E-state index contributed by atoms with van der Waals surface area (Å²) in [5, 5.41) is 6.24. The van der Waals surface area contributed by atoms with Gasteiger partial charge in [-0.1, -0.05) is 12.8 Å². The molecule has 2 atom stereocenters. The molecule has 6 heteroatoms. The second kappa shape index (κ2) is 3.40. The summed E-state index contributed by atoms with van der Waals surface area (Å²) in [6, 6.07) is 0. The normalized spacial score (nSPS) is 29.6. The third-order valence-electron chi connectivity index (χ3n) is 3.46. The summed E-state index contributed by atoms with van der Waals surface area (Å²) in [5.41, 5.74) is 0. The van der Waals surface area contributed by atoms with Gasteiger partial charge in [0.15, 0.2) is 0 Å². The van der Waals surface area contributed by atoms with E-state index in [1.165, 1.54) is 6.33 Å². The molecule has 16 heavy (non-hydrogen) atoms. The summed E-state index contributed by atoms with van der Waals surface area (Å²) in [6.45, 7) is 0. The van der Waals surface area contributed by atoms with Crippen molar-refractivity contribution in [2.75, 3.05) is 4.90 Å². The summed E-state index contributed by atoms with van der Waals surface area (Å²) >= 11 is 0. The van der Waals surface area contributed by atoms with Gasteiger partial charge in [0.05, 0.1) is 11.8 Å². The third-order valence-corrected chi connectivity index (χ3v) is 3.46. The Morgan fingerprint density at radius 3 is 2.31 bits per heavy atom. The van der Waals surface area contributed by atoms with Gasteiger partial charge in [0.2, 0.25) is 17.8 Å². The van der Waals surface area contributed by atoms with Crippen molar-refractivity contribution in [1.82, 2.24) is 15.2 Å². The van der Waals surface area contributed by atoms with E-state index in [9.17, 15) is 9.59 Å². The van der Waals surface area contributed by atoms with Crippen LogP contribution in [0.5, 0.6) is 0 Å². The fourth-order valence-corrected chi connectivity index (χ4v) is 2.68. The van der Waals surface area contributed by atoms with E-state index in [4.69, 9.17) is 0 Å². The van der Waals surface area contributed by atoms with Crippen LogP contribution in [0.25, 0.3) is 0 Å². The molecule has 2 amide bonds. The minimum atomic E-state index is -0.133. The van der Waals surface area contributed by atoms with Gasteiger partial charge in [-0.25, -0.2) is 10.00 Å². The van der Waals surface area contributed by atoms with Crippen LogP contribution in [0, 0.1) is 11.8 Å². The molecule has 1 aliphatic heterocycles. The predicted octanol–water partition coefficient (Wildman–Crippen LogP) is 0.484. The Bertz CT molecular complexity index is 404. The third kappa shape index (κ3) is 1.19. The molecule has 2 fully saturated rings. The number of fused-ring (bicyclic) bond motifs is 1. The molecule has 1 saturated carbocycles. The molecule has 1 aromatic heterocycles. The van der Waals surface area contributed by atoms with Crippen LogP contribution >= 0.6 is 0 Å². The van der Waals surface area contributed by atoms with Gasteiger partial charge in [-0.3, -0.25) is 9.59 Å². The molecule has 2 aliphatic rings. The zero-order valence-corrected chi connectivity index (χ0v) is 8.72. The molecule has 1 aromatic rings. The average Bonchev–Trinajstić information content (AvgIpc) is 2.89. The van der Waals surface area contributed by atoms with Crippen molar-refractivity contribution in [3.05, 3.63) is 6.33 Å². The number of anilines is 1. The molecule has 1 saturated heterocycles. The first-order valence-electron chi connectivity index (χ1n) is 5.52. The van der Waals surface area contributed by atoms with Gasteiger partial charge in [-0.15, -0.1) is 0 Å². The van der Waals surface area contributed by atoms with Crippen LogP contribution in [0.2, 0.25) is 0 Å². The second-order valence-electron chi connectivity index (χ2n) is 4.32. The van der Waals surface area contributed by atoms with E-state index in [0.29, 0.717) is 0 Å². The number of nitrogens with zero attached hydrogens (tertiary/aromatic N) is 3. The Morgan fingerprint density at radius 1 is 1.19 bits per heavy atom. The SMILES string of the molecule is O=C1C2CCCCC2C(=O)N1c1ncn[nH]1. The molecule has 1 N–H and O–H groups in total. The summed E-state index contributed by atoms with van der Waals surface area (Å²) in [6.07, 6.45) is 5.01. The highest BCUT2D eigenvalue weighted by Crippen LogP contribution is 2.38. The maximum absolute atomic E-state index is 12.1. The molecule has 84 valence electrons. The molecule has 1 aliphatic carbocycles. The average molecular weight is 220 g/mol. The summed E-state index contributed by atoms with van der Waals surface area (Å²) in [4.78, 5) is 29.2. The monoisotopic (exact) mass is 220 g/mol. The number of hydrogen-bond acceptors (Lipinski definition) is 4. The lowest BCUT2D eigenvalue weighted by atomic mass is 9.81. The Balaban J connectivity index is 1.96. The number of carbonyl (C=O) groups excluding carboxylic acids is 2. The molecule has 3 rings (SSSR count). The molecule has 0 bridgehead atoms. The highest BCUT2D eigenvalue weighted by molar-refractivity contribution is 6.21. The smallest absolute Gasteiger partial charge is 0.240 e. The lowest BCUT2D eigenvalue weighted by Crippen LogP contribution is -2.31. The Labute approximate surface area is 92.0 Å². The molecular formula is C10H12N4O2. The molecule has 0 spiro atoms. The Kier molecular flexibility index (Phi) is 2.02. The van der Waals surface area contributed by atoms with Crippen LogP contribution in [0.1, 0.15) is 25.7 Å². The first-order valence-corrected chi connectivity index (χ1v) is 5.52. The van der Waals surface area contributed by atoms with E-state index in [1.807, 2.05) is 0 Å². The quantitative estimate of drug-likeness (QED) is 0.698. The Morgan fingerprint density at radius 2 is 1.81 bits per heavy atom. The second-order valence-corrected chi connectivity index (χ2v) is 4.32. The topological polar surface area (TPSA) is 79.0 Å². The fourth-order valence-electron chi connectivity index (χ4n) is 2.68. The van der Waals surface area contributed by atoms with Crippen LogP contribution in [0.3, 0.4) is 0 Å². The number of amides is 2. The molecule has 6 nitrogen and oxygen atoms in total. The zero-order valence-electron chi connectivity index (χ0n) is 8.72. The molecule has 0 aromatic carbocycles. The van der Waals surface area contributed by atoms with Crippen LogP contribution in [0.15, 0.2) is 6.33 Å². The molecular weight excluding hydrogens is 208 g/mol. The van der Waals surface area contributed by atoms with Crippen molar-refractivity contribution in [2.45, 2.75) is 25.7 Å². The predicted molar refractivity (Wildman–Crippen MR) is 54.3 cm³/mol. The van der Waals surface area contributed by atoms with Crippen LogP contribution in [-0.4, -0.2) is 27.0 Å². The van der Waals surface area contributed by atoms with E-state index in [1.54, 1.807) is 0 Å². The van der Waals surface area contributed by atoms with Crippen LogP contribution < -0.4 is 4.90 Å². The standard InChI is InChI=1S/C10H12N4O2/c15-8-6-3-1-2-4-7(6)9(16)14(8)10-11-5-12-13-10/h5-7H,1-4H2,(H,11,12,13). The number of H-pyrrole nitrogens is 1. The van der Waals surface area contributed by atoms with E-state index < -0.39 is 0 Å². The van der Waals surface area contributed by atoms with Gasteiger partial charge >= 0.3 is 0 Å². The number of aromatic amines is 1. The first-order chi connectivity index (χ1) is 7.79. The van der Waals surface area contributed by atoms with Gasteiger partial charge in [0.1, 0.15) is 6.33 Å². The lowest BCUT2D eigenvalue weighted by molar-refractivity contribution is -0.122. The molecule has 2 heterocycles. The summed E-state index contributed by atoms with van der Waals surface area (Å²) in [7, 11) is 0. The number of nitrogens with one attached hydrogen (secondary N) is 1. The van der Waals surface area contributed by atoms with Gasteiger partial charge in [0, 0.05) is 0 Å². The van der Waals surface area contributed by atoms with Gasteiger partial charge in [0.25, 0.3) is 0 Å². The van der Waals surface area contributed by atoms with Gasteiger partial charge in [-0.2, -0.15) is 10.1 Å². The fraction of sp³-hybridized carbons (Fsp3) is 0.600. The highest BCUT2D eigenvalue weighted by Gasteiger charge is 2.49. The van der Waals surface area contributed by atoms with E-state index in [0.717, 1.165) is 30.6 Å². The van der Waals surface area contributed by atoms with Crippen molar-refractivity contribution in [3.63, 3.8) is 0 Å². The molecule has 2 unspecified atom stereocenters. The Hall–Kier alpha value is -1.72. The minimum Gasteiger partial charge on any atom is -0.274 e. The summed E-state index contributed by atoms with van der Waals surface area (Å²) < 4.78 is 0. The zero-order chi connectivity index (χ0) is 11.1. The minimum absolute atomic E-state index is 0.119. The number of imide groups is 1. The van der Waals surface area contributed by atoms with E-state index in [-0.39, 0.29) is 29.6 Å². The van der Waals surface area contributed by atoms with Crippen molar-refractivity contribution in [1.29, 1.82) is 0 Å².